The third-order valence-corrected chi connectivity index (χ3v) is 5.10. The molecule has 0 saturated heterocycles. The first-order valence-corrected chi connectivity index (χ1v) is 9.46. The van der Waals surface area contributed by atoms with Crippen molar-refractivity contribution in [1.29, 1.82) is 0 Å². The number of rotatable bonds is 3. The minimum Gasteiger partial charge on any atom is -0.333 e. The van der Waals surface area contributed by atoms with E-state index in [2.05, 4.69) is 21.0 Å². The lowest BCUT2D eigenvalue weighted by Gasteiger charge is -2.17. The number of aromatic nitrogens is 3. The summed E-state index contributed by atoms with van der Waals surface area (Å²) in [5.41, 5.74) is 6.50. The fourth-order valence-electron chi connectivity index (χ4n) is 3.38. The second-order valence-electron chi connectivity index (χ2n) is 6.57. The van der Waals surface area contributed by atoms with Crippen LogP contribution in [0.3, 0.4) is 0 Å². The Morgan fingerprint density at radius 3 is 2.72 bits per heavy atom. The molecule has 0 radical (unpaired) electrons. The van der Waals surface area contributed by atoms with Gasteiger partial charge in [-0.05, 0) is 36.4 Å². The van der Waals surface area contributed by atoms with Crippen molar-refractivity contribution in [2.75, 3.05) is 5.32 Å². The molecule has 1 N–H and O–H groups in total. The van der Waals surface area contributed by atoms with Crippen LogP contribution in [0, 0.1) is 5.82 Å². The normalized spacial score (nSPS) is 12.6. The van der Waals surface area contributed by atoms with Crippen molar-refractivity contribution in [3.05, 3.63) is 94.6 Å². The summed E-state index contributed by atoms with van der Waals surface area (Å²) in [7, 11) is 0. The molecule has 0 atom stereocenters. The van der Waals surface area contributed by atoms with Crippen LogP contribution in [0.5, 0.6) is 0 Å². The third-order valence-electron chi connectivity index (χ3n) is 4.77. The predicted octanol–water partition coefficient (Wildman–Crippen LogP) is 5.65. The van der Waals surface area contributed by atoms with E-state index in [1.165, 1.54) is 6.07 Å². The van der Waals surface area contributed by atoms with Gasteiger partial charge in [-0.15, -0.1) is 0 Å². The van der Waals surface area contributed by atoms with Crippen molar-refractivity contribution in [2.45, 2.75) is 6.42 Å². The molecule has 2 aromatic heterocycles. The van der Waals surface area contributed by atoms with Gasteiger partial charge in [0, 0.05) is 29.3 Å². The van der Waals surface area contributed by atoms with E-state index in [1.54, 1.807) is 18.3 Å². The first-order chi connectivity index (χ1) is 14.2. The molecule has 0 spiro atoms. The van der Waals surface area contributed by atoms with Gasteiger partial charge in [0.15, 0.2) is 11.5 Å². The van der Waals surface area contributed by atoms with Gasteiger partial charge < -0.3 is 5.32 Å². The minimum absolute atomic E-state index is 0.231. The van der Waals surface area contributed by atoms with Gasteiger partial charge in [-0.3, -0.25) is 0 Å². The second-order valence-corrected chi connectivity index (χ2v) is 6.98. The minimum atomic E-state index is -0.231. The number of halogens is 2. The van der Waals surface area contributed by atoms with Gasteiger partial charge in [-0.2, -0.15) is 0 Å². The van der Waals surface area contributed by atoms with E-state index in [-0.39, 0.29) is 5.82 Å². The van der Waals surface area contributed by atoms with Crippen molar-refractivity contribution >= 4 is 34.1 Å². The molecule has 1 aliphatic carbocycles. The van der Waals surface area contributed by atoms with Crippen LogP contribution in [0.25, 0.3) is 28.1 Å². The van der Waals surface area contributed by atoms with Crippen LogP contribution < -0.4 is 5.32 Å². The molecule has 5 rings (SSSR count). The topological polar surface area (TPSA) is 50.7 Å². The Morgan fingerprint density at radius 1 is 0.966 bits per heavy atom. The van der Waals surface area contributed by atoms with Crippen molar-refractivity contribution in [1.82, 2.24) is 15.0 Å². The number of pyridine rings is 1. The second kappa shape index (κ2) is 7.13. The van der Waals surface area contributed by atoms with Crippen LogP contribution in [0.15, 0.2) is 72.6 Å². The Bertz CT molecular complexity index is 1330. The number of nitrogens with one attached hydrogen (secondary N) is 1. The van der Waals surface area contributed by atoms with Gasteiger partial charge in [0.2, 0.25) is 0 Å². The van der Waals surface area contributed by atoms with E-state index < -0.39 is 0 Å². The zero-order valence-electron chi connectivity index (χ0n) is 15.2. The summed E-state index contributed by atoms with van der Waals surface area (Å²) in [6.07, 6.45) is 3.99. The van der Waals surface area contributed by atoms with E-state index in [9.17, 15) is 4.39 Å². The standard InChI is InChI=1S/C23H14ClFN4/c24-18-10-2-1-6-16(18)22-28-21-17(9-5-13-26-21)23(29-22)27-20-12-4-7-14-15(20)8-3-11-19(14)25/h1-6,8-11,13H,7H2,(H,26,27,28,29). The molecule has 1 aliphatic rings. The van der Waals surface area contributed by atoms with Gasteiger partial charge in [-0.1, -0.05) is 41.6 Å². The Hall–Kier alpha value is -3.53. The summed E-state index contributed by atoms with van der Waals surface area (Å²) in [6, 6.07) is 16.1. The number of allylic oxidation sites excluding steroid dienone is 1. The molecule has 0 saturated carbocycles. The molecule has 0 amide bonds. The summed E-state index contributed by atoms with van der Waals surface area (Å²) >= 11 is 6.35. The largest absolute Gasteiger partial charge is 0.333 e. The zero-order valence-corrected chi connectivity index (χ0v) is 15.9. The fourth-order valence-corrected chi connectivity index (χ4v) is 3.60. The molecule has 29 heavy (non-hydrogen) atoms. The Morgan fingerprint density at radius 2 is 1.83 bits per heavy atom. The summed E-state index contributed by atoms with van der Waals surface area (Å²) in [5.74, 6) is 0.792. The Kier molecular flexibility index (Phi) is 4.32. The van der Waals surface area contributed by atoms with E-state index >= 15 is 0 Å². The Labute approximate surface area is 171 Å². The summed E-state index contributed by atoms with van der Waals surface area (Å²) < 4.78 is 14.2. The van der Waals surface area contributed by atoms with Gasteiger partial charge in [0.1, 0.15) is 11.6 Å². The van der Waals surface area contributed by atoms with Crippen LogP contribution in [-0.4, -0.2) is 15.0 Å². The average molecular weight is 401 g/mol. The Balaban J connectivity index is 1.67. The molecule has 4 nitrogen and oxygen atoms in total. The van der Waals surface area contributed by atoms with Gasteiger partial charge in [-0.25, -0.2) is 19.3 Å². The third kappa shape index (κ3) is 3.17. The first kappa shape index (κ1) is 17.6. The molecule has 0 unspecified atom stereocenters. The zero-order chi connectivity index (χ0) is 19.8. The molecule has 140 valence electrons. The van der Waals surface area contributed by atoms with Gasteiger partial charge >= 0.3 is 0 Å². The molecule has 0 aliphatic heterocycles. The fraction of sp³-hybridized carbons (Fsp3) is 0.0435. The number of hydrogen-bond donors (Lipinski definition) is 1. The van der Waals surface area contributed by atoms with Gasteiger partial charge in [0.05, 0.1) is 16.1 Å². The van der Waals surface area contributed by atoms with E-state index in [0.29, 0.717) is 45.6 Å². The lowest BCUT2D eigenvalue weighted by Crippen LogP contribution is -2.08. The molecule has 4 aromatic rings. The highest BCUT2D eigenvalue weighted by Crippen LogP contribution is 2.31. The molecule has 0 fully saturated rings. The van der Waals surface area contributed by atoms with Crippen LogP contribution in [-0.2, 0) is 6.42 Å². The summed E-state index contributed by atoms with van der Waals surface area (Å²) in [6.45, 7) is 0. The van der Waals surface area contributed by atoms with Crippen molar-refractivity contribution in [3.63, 3.8) is 0 Å². The number of nitrogens with zero attached hydrogens (tertiary/aromatic N) is 3. The number of anilines is 1. The van der Waals surface area contributed by atoms with Crippen molar-refractivity contribution in [3.8, 4) is 11.4 Å². The molecule has 2 heterocycles. The van der Waals surface area contributed by atoms with E-state index in [1.807, 2.05) is 42.5 Å². The lowest BCUT2D eigenvalue weighted by molar-refractivity contribution is 0.614. The highest BCUT2D eigenvalue weighted by Gasteiger charge is 2.17. The van der Waals surface area contributed by atoms with Gasteiger partial charge in [0.25, 0.3) is 0 Å². The average Bonchev–Trinajstić information content (AvgIpc) is 2.75. The van der Waals surface area contributed by atoms with Crippen LogP contribution >= 0.6 is 11.6 Å². The van der Waals surface area contributed by atoms with Crippen LogP contribution in [0.4, 0.5) is 10.2 Å². The van der Waals surface area contributed by atoms with Crippen molar-refractivity contribution in [2.24, 2.45) is 0 Å². The maximum atomic E-state index is 14.2. The van der Waals surface area contributed by atoms with Crippen LogP contribution in [0.1, 0.15) is 11.1 Å². The lowest BCUT2D eigenvalue weighted by atomic mass is 9.98. The van der Waals surface area contributed by atoms with E-state index in [0.717, 1.165) is 10.9 Å². The number of hydrogen-bond acceptors (Lipinski definition) is 4. The highest BCUT2D eigenvalue weighted by atomic mass is 35.5. The SMILES string of the molecule is Fc1cccc2c1CC=C=C2Nc1nc(-c2ccccc2Cl)nc2ncccc12. The van der Waals surface area contributed by atoms with Crippen molar-refractivity contribution < 1.29 is 4.39 Å². The molecular formula is C23H14ClFN4. The number of fused-ring (bicyclic) bond motifs is 2. The number of benzene rings is 2. The smallest absolute Gasteiger partial charge is 0.165 e. The molecule has 2 aromatic carbocycles. The summed E-state index contributed by atoms with van der Waals surface area (Å²) in [4.78, 5) is 13.7. The summed E-state index contributed by atoms with van der Waals surface area (Å²) in [5, 5.41) is 4.62. The quantitative estimate of drug-likeness (QED) is 0.451. The highest BCUT2D eigenvalue weighted by molar-refractivity contribution is 6.33. The first-order valence-electron chi connectivity index (χ1n) is 9.08. The van der Waals surface area contributed by atoms with E-state index in [4.69, 9.17) is 16.6 Å². The maximum Gasteiger partial charge on any atom is 0.165 e. The molecule has 6 heteroatoms. The maximum absolute atomic E-state index is 14.2. The molecule has 0 bridgehead atoms. The monoisotopic (exact) mass is 400 g/mol. The molecular weight excluding hydrogens is 387 g/mol. The predicted molar refractivity (Wildman–Crippen MR) is 113 cm³/mol. The van der Waals surface area contributed by atoms with Crippen LogP contribution in [0.2, 0.25) is 5.02 Å².